The summed E-state index contributed by atoms with van der Waals surface area (Å²) < 4.78 is 12.7. The molecule has 3 heteroatoms. The summed E-state index contributed by atoms with van der Waals surface area (Å²) in [6.45, 7) is 3.22. The number of aromatic nitrogens is 1. The van der Waals surface area contributed by atoms with Crippen molar-refractivity contribution in [2.24, 2.45) is 5.41 Å². The van der Waals surface area contributed by atoms with E-state index in [-0.39, 0.29) is 5.82 Å². The zero-order valence-corrected chi connectivity index (χ0v) is 9.80. The molecule has 2 nitrogen and oxygen atoms in total. The van der Waals surface area contributed by atoms with Crippen LogP contribution in [0.2, 0.25) is 0 Å². The summed E-state index contributed by atoms with van der Waals surface area (Å²) >= 11 is 0. The van der Waals surface area contributed by atoms with Crippen molar-refractivity contribution in [3.63, 3.8) is 0 Å². The number of pyridine rings is 1. The molecular formula is C13H19FN2. The zero-order valence-electron chi connectivity index (χ0n) is 9.80. The molecule has 0 aliphatic heterocycles. The van der Waals surface area contributed by atoms with Crippen molar-refractivity contribution < 1.29 is 4.39 Å². The molecule has 88 valence electrons. The largest absolute Gasteiger partial charge is 0.370 e. The molecule has 1 aliphatic carbocycles. The number of nitrogens with one attached hydrogen (secondary N) is 1. The van der Waals surface area contributed by atoms with Crippen LogP contribution in [0.1, 0.15) is 39.0 Å². The monoisotopic (exact) mass is 222 g/mol. The first-order valence-corrected chi connectivity index (χ1v) is 6.10. The maximum Gasteiger partial charge on any atom is 0.141 e. The van der Waals surface area contributed by atoms with Gasteiger partial charge in [0.2, 0.25) is 0 Å². The molecule has 1 saturated carbocycles. The molecule has 0 bridgehead atoms. The van der Waals surface area contributed by atoms with E-state index in [2.05, 4.69) is 17.2 Å². The van der Waals surface area contributed by atoms with Crippen molar-refractivity contribution in [2.45, 2.75) is 39.0 Å². The number of halogens is 1. The van der Waals surface area contributed by atoms with Gasteiger partial charge in [-0.3, -0.25) is 0 Å². The molecule has 0 radical (unpaired) electrons. The van der Waals surface area contributed by atoms with Gasteiger partial charge < -0.3 is 5.32 Å². The smallest absolute Gasteiger partial charge is 0.141 e. The van der Waals surface area contributed by atoms with E-state index < -0.39 is 0 Å². The lowest BCUT2D eigenvalue weighted by molar-refractivity contribution is 0.306. The fraction of sp³-hybridized carbons (Fsp3) is 0.615. The van der Waals surface area contributed by atoms with Crippen LogP contribution < -0.4 is 5.32 Å². The molecule has 1 heterocycles. The van der Waals surface area contributed by atoms with E-state index in [9.17, 15) is 4.39 Å². The highest BCUT2D eigenvalue weighted by molar-refractivity contribution is 5.33. The third-order valence-electron chi connectivity index (χ3n) is 3.79. The van der Waals surface area contributed by atoms with Gasteiger partial charge in [0.05, 0.1) is 6.20 Å². The second kappa shape index (κ2) is 4.81. The molecule has 0 amide bonds. The van der Waals surface area contributed by atoms with E-state index in [0.29, 0.717) is 5.41 Å². The lowest BCUT2D eigenvalue weighted by atomic mass is 9.83. The zero-order chi connectivity index (χ0) is 11.4. The normalized spacial score (nSPS) is 18.6. The van der Waals surface area contributed by atoms with Crippen LogP contribution in [0.25, 0.3) is 0 Å². The molecule has 1 aromatic heterocycles. The van der Waals surface area contributed by atoms with Gasteiger partial charge in [-0.25, -0.2) is 9.37 Å². The van der Waals surface area contributed by atoms with E-state index in [1.165, 1.54) is 44.4 Å². The number of hydrogen-bond acceptors (Lipinski definition) is 2. The number of hydrogen-bond donors (Lipinski definition) is 1. The molecule has 16 heavy (non-hydrogen) atoms. The Labute approximate surface area is 96.3 Å². The molecule has 0 saturated heterocycles. The lowest BCUT2D eigenvalue weighted by Crippen LogP contribution is -2.26. The van der Waals surface area contributed by atoms with Crippen LogP contribution in [0.5, 0.6) is 0 Å². The molecule has 1 N–H and O–H groups in total. The average Bonchev–Trinajstić information content (AvgIpc) is 2.78. The Balaban J connectivity index is 1.93. The molecule has 1 aromatic rings. The third-order valence-corrected chi connectivity index (χ3v) is 3.79. The first-order chi connectivity index (χ1) is 7.74. The summed E-state index contributed by atoms with van der Waals surface area (Å²) in [5, 5.41) is 3.33. The highest BCUT2D eigenvalue weighted by atomic mass is 19.1. The Morgan fingerprint density at radius 3 is 2.69 bits per heavy atom. The van der Waals surface area contributed by atoms with Gasteiger partial charge >= 0.3 is 0 Å². The number of rotatable bonds is 4. The molecule has 2 rings (SSSR count). The van der Waals surface area contributed by atoms with Crippen LogP contribution in [-0.2, 0) is 0 Å². The van der Waals surface area contributed by atoms with Crippen molar-refractivity contribution in [1.29, 1.82) is 0 Å². The van der Waals surface area contributed by atoms with Gasteiger partial charge in [0.1, 0.15) is 11.6 Å². The maximum absolute atomic E-state index is 12.7. The van der Waals surface area contributed by atoms with Crippen molar-refractivity contribution >= 4 is 5.82 Å². The number of nitrogens with zero attached hydrogens (tertiary/aromatic N) is 1. The van der Waals surface area contributed by atoms with Gasteiger partial charge in [0.25, 0.3) is 0 Å². The maximum atomic E-state index is 12.7. The molecule has 0 atom stereocenters. The van der Waals surface area contributed by atoms with Crippen molar-refractivity contribution in [3.05, 3.63) is 24.1 Å². The topological polar surface area (TPSA) is 24.9 Å². The Morgan fingerprint density at radius 2 is 2.12 bits per heavy atom. The van der Waals surface area contributed by atoms with Gasteiger partial charge in [0, 0.05) is 6.54 Å². The SMILES string of the molecule is CCC1(CNc2ccc(F)cn2)CCCC1. The van der Waals surface area contributed by atoms with Gasteiger partial charge in [0.15, 0.2) is 0 Å². The predicted octanol–water partition coefficient (Wildman–Crippen LogP) is 3.60. The first kappa shape index (κ1) is 11.4. The van der Waals surface area contributed by atoms with E-state index in [0.717, 1.165) is 12.4 Å². The van der Waals surface area contributed by atoms with Crippen LogP contribution in [0.3, 0.4) is 0 Å². The van der Waals surface area contributed by atoms with E-state index >= 15 is 0 Å². The van der Waals surface area contributed by atoms with Crippen LogP contribution in [0.15, 0.2) is 18.3 Å². The highest BCUT2D eigenvalue weighted by Gasteiger charge is 2.31. The fourth-order valence-corrected chi connectivity index (χ4v) is 2.54. The second-order valence-electron chi connectivity index (χ2n) is 4.78. The number of anilines is 1. The van der Waals surface area contributed by atoms with Gasteiger partial charge in [-0.1, -0.05) is 19.8 Å². The van der Waals surface area contributed by atoms with Gasteiger partial charge in [-0.05, 0) is 36.8 Å². The van der Waals surface area contributed by atoms with Crippen molar-refractivity contribution in [3.8, 4) is 0 Å². The third kappa shape index (κ3) is 2.52. The van der Waals surface area contributed by atoms with Crippen molar-refractivity contribution in [2.75, 3.05) is 11.9 Å². The van der Waals surface area contributed by atoms with Crippen molar-refractivity contribution in [1.82, 2.24) is 4.98 Å². The van der Waals surface area contributed by atoms with Gasteiger partial charge in [-0.15, -0.1) is 0 Å². The molecular weight excluding hydrogens is 203 g/mol. The minimum atomic E-state index is -0.281. The predicted molar refractivity (Wildman–Crippen MR) is 63.9 cm³/mol. The standard InChI is InChI=1S/C13H19FN2/c1-2-13(7-3-4-8-13)10-16-12-6-5-11(14)9-15-12/h5-6,9H,2-4,7-8,10H2,1H3,(H,15,16). The van der Waals surface area contributed by atoms with E-state index in [1.807, 2.05) is 0 Å². The highest BCUT2D eigenvalue weighted by Crippen LogP contribution is 2.40. The van der Waals surface area contributed by atoms with Crippen LogP contribution in [-0.4, -0.2) is 11.5 Å². The first-order valence-electron chi connectivity index (χ1n) is 6.10. The molecule has 0 unspecified atom stereocenters. The summed E-state index contributed by atoms with van der Waals surface area (Å²) in [6.07, 6.45) is 7.75. The minimum absolute atomic E-state index is 0.281. The Morgan fingerprint density at radius 1 is 1.38 bits per heavy atom. The second-order valence-corrected chi connectivity index (χ2v) is 4.78. The Hall–Kier alpha value is -1.12. The lowest BCUT2D eigenvalue weighted by Gasteiger charge is -2.27. The summed E-state index contributed by atoms with van der Waals surface area (Å²) in [5.74, 6) is 0.498. The van der Waals surface area contributed by atoms with E-state index in [4.69, 9.17) is 0 Å². The molecule has 0 spiro atoms. The van der Waals surface area contributed by atoms with E-state index in [1.54, 1.807) is 6.07 Å². The summed E-state index contributed by atoms with van der Waals surface area (Å²) in [6, 6.07) is 3.15. The van der Waals surface area contributed by atoms with Crippen LogP contribution >= 0.6 is 0 Å². The summed E-state index contributed by atoms with van der Waals surface area (Å²) in [4.78, 5) is 4.02. The van der Waals surface area contributed by atoms with Gasteiger partial charge in [-0.2, -0.15) is 0 Å². The van der Waals surface area contributed by atoms with Crippen LogP contribution in [0.4, 0.5) is 10.2 Å². The summed E-state index contributed by atoms with van der Waals surface area (Å²) in [7, 11) is 0. The molecule has 1 fully saturated rings. The van der Waals surface area contributed by atoms with Crippen LogP contribution in [0, 0.1) is 11.2 Å². The quantitative estimate of drug-likeness (QED) is 0.841. The minimum Gasteiger partial charge on any atom is -0.370 e. The molecule has 1 aliphatic rings. The fourth-order valence-electron chi connectivity index (χ4n) is 2.54. The average molecular weight is 222 g/mol. The summed E-state index contributed by atoms with van der Waals surface area (Å²) in [5.41, 5.74) is 0.441. The Bertz CT molecular complexity index is 328. The Kier molecular flexibility index (Phi) is 3.42. The molecule has 0 aromatic carbocycles.